The van der Waals surface area contributed by atoms with Crippen molar-refractivity contribution in [1.82, 2.24) is 4.57 Å². The lowest BCUT2D eigenvalue weighted by Gasteiger charge is -2.16. The molecule has 0 fully saturated rings. The fourth-order valence-corrected chi connectivity index (χ4v) is 3.39. The summed E-state index contributed by atoms with van der Waals surface area (Å²) in [5.41, 5.74) is 1.57. The van der Waals surface area contributed by atoms with Crippen LogP contribution in [0.15, 0.2) is 41.3 Å². The fraction of sp³-hybridized carbons (Fsp3) is 0.421. The molecule has 0 bridgehead atoms. The van der Waals surface area contributed by atoms with E-state index in [1.807, 2.05) is 12.1 Å². The second kappa shape index (κ2) is 9.39. The first-order chi connectivity index (χ1) is 12.3. The molecule has 26 heavy (non-hydrogen) atoms. The molecule has 0 N–H and O–H groups in total. The molecule has 0 radical (unpaired) electrons. The molecular formula is C19H26BrNO4Si. The number of nitrogens with zero attached hydrogens (tertiary/aromatic N) is 1. The summed E-state index contributed by atoms with van der Waals surface area (Å²) >= 11 is 3.36. The Hall–Kier alpha value is -1.57. The van der Waals surface area contributed by atoms with E-state index in [-0.39, 0.29) is 12.4 Å². The van der Waals surface area contributed by atoms with Gasteiger partial charge in [0.05, 0.1) is 12.8 Å². The zero-order chi connectivity index (χ0) is 19.2. The van der Waals surface area contributed by atoms with Gasteiger partial charge in [-0.3, -0.25) is 9.36 Å². The third-order valence-corrected chi connectivity index (χ3v) is 6.21. The van der Waals surface area contributed by atoms with E-state index in [1.165, 1.54) is 0 Å². The van der Waals surface area contributed by atoms with E-state index in [4.69, 9.17) is 14.2 Å². The molecule has 2 aromatic rings. The number of alkyl halides is 1. The van der Waals surface area contributed by atoms with E-state index in [0.717, 1.165) is 17.3 Å². The van der Waals surface area contributed by atoms with Crippen LogP contribution in [0.1, 0.15) is 5.56 Å². The van der Waals surface area contributed by atoms with Crippen LogP contribution in [0.3, 0.4) is 0 Å². The van der Waals surface area contributed by atoms with Crippen LogP contribution in [0.5, 0.6) is 11.5 Å². The Morgan fingerprint density at radius 3 is 2.50 bits per heavy atom. The van der Waals surface area contributed by atoms with Gasteiger partial charge in [-0.2, -0.15) is 0 Å². The molecule has 7 heteroatoms. The number of methoxy groups -OCH3 is 1. The molecule has 142 valence electrons. The molecule has 0 aliphatic carbocycles. The van der Waals surface area contributed by atoms with Crippen LogP contribution >= 0.6 is 15.9 Å². The first-order valence-electron chi connectivity index (χ1n) is 8.50. The molecule has 1 aromatic carbocycles. The number of rotatable bonds is 9. The second-order valence-corrected chi connectivity index (χ2v) is 13.4. The van der Waals surface area contributed by atoms with E-state index in [2.05, 4.69) is 35.6 Å². The highest BCUT2D eigenvalue weighted by Crippen LogP contribution is 2.29. The van der Waals surface area contributed by atoms with Crippen LogP contribution in [-0.4, -0.2) is 33.2 Å². The number of hydrogen-bond donors (Lipinski definition) is 0. The molecule has 0 spiro atoms. The zero-order valence-corrected chi connectivity index (χ0v) is 18.3. The summed E-state index contributed by atoms with van der Waals surface area (Å²) in [6, 6.07) is 10.0. The highest BCUT2D eigenvalue weighted by molar-refractivity contribution is 9.08. The van der Waals surface area contributed by atoms with Crippen molar-refractivity contribution in [3.8, 4) is 17.2 Å². The molecule has 0 aliphatic rings. The first-order valence-corrected chi connectivity index (χ1v) is 13.3. The highest BCUT2D eigenvalue weighted by atomic mass is 79.9. The Morgan fingerprint density at radius 1 is 1.12 bits per heavy atom. The number of aromatic nitrogens is 1. The van der Waals surface area contributed by atoms with Gasteiger partial charge in [-0.1, -0.05) is 35.6 Å². The van der Waals surface area contributed by atoms with Crippen LogP contribution in [0, 0.1) is 0 Å². The Labute approximate surface area is 164 Å². The largest absolute Gasteiger partial charge is 0.493 e. The monoisotopic (exact) mass is 439 g/mol. The lowest BCUT2D eigenvalue weighted by molar-refractivity contribution is 0.0205. The molecule has 0 amide bonds. The number of hydrogen-bond acceptors (Lipinski definition) is 4. The van der Waals surface area contributed by atoms with Crippen molar-refractivity contribution in [3.05, 3.63) is 52.4 Å². The SMILES string of the molecule is COc1cc(-n2ccc(CBr)cc2=O)ccc1OCOCC[Si](C)(C)C. The summed E-state index contributed by atoms with van der Waals surface area (Å²) in [6.07, 6.45) is 1.76. The number of ether oxygens (including phenoxy) is 3. The summed E-state index contributed by atoms with van der Waals surface area (Å²) in [6.45, 7) is 7.81. The minimum Gasteiger partial charge on any atom is -0.493 e. The fourth-order valence-electron chi connectivity index (χ4n) is 2.28. The quantitative estimate of drug-likeness (QED) is 0.251. The van der Waals surface area contributed by atoms with Gasteiger partial charge in [-0.05, 0) is 29.8 Å². The van der Waals surface area contributed by atoms with Gasteiger partial charge in [0.1, 0.15) is 0 Å². The summed E-state index contributed by atoms with van der Waals surface area (Å²) in [4.78, 5) is 12.3. The van der Waals surface area contributed by atoms with E-state index >= 15 is 0 Å². The van der Waals surface area contributed by atoms with Gasteiger partial charge in [0.25, 0.3) is 5.56 Å². The second-order valence-electron chi connectivity index (χ2n) is 7.19. The van der Waals surface area contributed by atoms with Gasteiger partial charge >= 0.3 is 0 Å². The molecule has 1 aromatic heterocycles. The molecule has 0 saturated carbocycles. The molecule has 0 unspecified atom stereocenters. The van der Waals surface area contributed by atoms with Gasteiger partial charge in [-0.15, -0.1) is 0 Å². The molecule has 5 nitrogen and oxygen atoms in total. The molecular weight excluding hydrogens is 414 g/mol. The van der Waals surface area contributed by atoms with Crippen molar-refractivity contribution in [3.63, 3.8) is 0 Å². The Morgan fingerprint density at radius 2 is 1.88 bits per heavy atom. The van der Waals surface area contributed by atoms with Gasteiger partial charge in [0.2, 0.25) is 0 Å². The average molecular weight is 440 g/mol. The maximum absolute atomic E-state index is 12.3. The maximum Gasteiger partial charge on any atom is 0.255 e. The van der Waals surface area contributed by atoms with E-state index < -0.39 is 8.07 Å². The van der Waals surface area contributed by atoms with Crippen LogP contribution in [0.25, 0.3) is 5.69 Å². The summed E-state index contributed by atoms with van der Waals surface area (Å²) in [5, 5.41) is 0.650. The van der Waals surface area contributed by atoms with Crippen LogP contribution in [0.2, 0.25) is 25.7 Å². The average Bonchev–Trinajstić information content (AvgIpc) is 2.60. The van der Waals surface area contributed by atoms with Gasteiger partial charge in [0, 0.05) is 38.3 Å². The van der Waals surface area contributed by atoms with Gasteiger partial charge in [-0.25, -0.2) is 0 Å². The summed E-state index contributed by atoms with van der Waals surface area (Å²) in [5.74, 6) is 1.15. The molecule has 1 heterocycles. The van der Waals surface area contributed by atoms with Crippen LogP contribution in [-0.2, 0) is 10.1 Å². The lowest BCUT2D eigenvalue weighted by atomic mass is 10.2. The molecule has 0 atom stereocenters. The molecule has 2 rings (SSSR count). The third-order valence-electron chi connectivity index (χ3n) is 3.86. The Kier molecular flexibility index (Phi) is 7.49. The Balaban J connectivity index is 2.06. The Bertz CT molecular complexity index is 786. The number of benzene rings is 1. The van der Waals surface area contributed by atoms with Crippen LogP contribution < -0.4 is 15.0 Å². The standard InChI is InChI=1S/C19H26BrNO4Si/c1-23-18-12-16(21-8-7-15(13-20)11-19(21)22)5-6-17(18)25-14-24-9-10-26(2,3)4/h5-8,11-12H,9-10,13-14H2,1-4H3. The van der Waals surface area contributed by atoms with E-state index in [9.17, 15) is 4.79 Å². The minimum atomic E-state index is -1.10. The number of pyridine rings is 1. The predicted octanol–water partition coefficient (Wildman–Crippen LogP) is 4.43. The first kappa shape index (κ1) is 20.7. The van der Waals surface area contributed by atoms with Crippen molar-refractivity contribution in [2.45, 2.75) is 31.0 Å². The van der Waals surface area contributed by atoms with Gasteiger partial charge in [0.15, 0.2) is 18.3 Å². The van der Waals surface area contributed by atoms with Crippen molar-refractivity contribution in [2.24, 2.45) is 0 Å². The molecule has 0 aliphatic heterocycles. The minimum absolute atomic E-state index is 0.0904. The van der Waals surface area contributed by atoms with Crippen molar-refractivity contribution in [2.75, 3.05) is 20.5 Å². The molecule has 0 saturated heterocycles. The third kappa shape index (κ3) is 6.00. The summed E-state index contributed by atoms with van der Waals surface area (Å²) < 4.78 is 18.2. The van der Waals surface area contributed by atoms with E-state index in [0.29, 0.717) is 23.4 Å². The van der Waals surface area contributed by atoms with Crippen molar-refractivity contribution >= 4 is 24.0 Å². The van der Waals surface area contributed by atoms with Gasteiger partial charge < -0.3 is 14.2 Å². The predicted molar refractivity (Wildman–Crippen MR) is 111 cm³/mol. The van der Waals surface area contributed by atoms with Crippen molar-refractivity contribution in [1.29, 1.82) is 0 Å². The maximum atomic E-state index is 12.3. The number of halogens is 1. The topological polar surface area (TPSA) is 49.7 Å². The smallest absolute Gasteiger partial charge is 0.255 e. The van der Waals surface area contributed by atoms with Crippen LogP contribution in [0.4, 0.5) is 0 Å². The lowest BCUT2D eigenvalue weighted by Crippen LogP contribution is -2.22. The van der Waals surface area contributed by atoms with Crippen molar-refractivity contribution < 1.29 is 14.2 Å². The zero-order valence-electron chi connectivity index (χ0n) is 15.8. The van der Waals surface area contributed by atoms with E-state index in [1.54, 1.807) is 36.1 Å². The highest BCUT2D eigenvalue weighted by Gasteiger charge is 2.12. The normalized spacial score (nSPS) is 11.4. The summed E-state index contributed by atoms with van der Waals surface area (Å²) in [7, 11) is 0.476.